The molecule has 15 heavy (non-hydrogen) atoms. The first-order chi connectivity index (χ1) is 6.94. The molecule has 0 bridgehead atoms. The van der Waals surface area contributed by atoms with Crippen molar-refractivity contribution in [1.82, 2.24) is 0 Å². The van der Waals surface area contributed by atoms with E-state index in [2.05, 4.69) is 26.0 Å². The molecule has 0 aliphatic carbocycles. The summed E-state index contributed by atoms with van der Waals surface area (Å²) in [5.41, 5.74) is 0.201. The summed E-state index contributed by atoms with van der Waals surface area (Å²) >= 11 is 2.89. The minimum atomic E-state index is -4.76. The summed E-state index contributed by atoms with van der Waals surface area (Å²) in [6, 6.07) is 3.90. The van der Waals surface area contributed by atoms with Crippen molar-refractivity contribution in [3.05, 3.63) is 22.7 Å². The van der Waals surface area contributed by atoms with Gasteiger partial charge in [0.1, 0.15) is 5.75 Å². The average Bonchev–Trinajstić information content (AvgIpc) is 2.10. The molecule has 0 saturated carbocycles. The van der Waals surface area contributed by atoms with Gasteiger partial charge in [0.2, 0.25) is 6.41 Å². The second-order valence-electron chi connectivity index (χ2n) is 2.43. The number of anilines is 1. The van der Waals surface area contributed by atoms with Gasteiger partial charge in [0.15, 0.2) is 0 Å². The standard InChI is InChI=1S/C8H5BrF3NO2/c9-7-5(13-4-14)2-1-3-6(7)15-8(10,11)12/h1-4H,(H,13,14). The number of hydrogen-bond donors (Lipinski definition) is 1. The minimum Gasteiger partial charge on any atom is -0.405 e. The Hall–Kier alpha value is -1.24. The highest BCUT2D eigenvalue weighted by molar-refractivity contribution is 9.10. The van der Waals surface area contributed by atoms with Crippen LogP contribution >= 0.6 is 15.9 Å². The van der Waals surface area contributed by atoms with E-state index in [1.54, 1.807) is 0 Å². The predicted molar refractivity (Wildman–Crippen MR) is 50.5 cm³/mol. The van der Waals surface area contributed by atoms with Crippen molar-refractivity contribution in [3.8, 4) is 5.75 Å². The quantitative estimate of drug-likeness (QED) is 0.867. The molecule has 0 atom stereocenters. The Morgan fingerprint density at radius 2 is 2.07 bits per heavy atom. The summed E-state index contributed by atoms with van der Waals surface area (Å²) in [5, 5.41) is 2.23. The molecule has 1 rings (SSSR count). The first-order valence-corrected chi connectivity index (χ1v) is 4.48. The largest absolute Gasteiger partial charge is 0.573 e. The van der Waals surface area contributed by atoms with Crippen LogP contribution in [0, 0.1) is 0 Å². The Kier molecular flexibility index (Phi) is 3.57. The van der Waals surface area contributed by atoms with E-state index in [0.29, 0.717) is 6.41 Å². The van der Waals surface area contributed by atoms with E-state index in [0.717, 1.165) is 6.07 Å². The van der Waals surface area contributed by atoms with Gasteiger partial charge in [0, 0.05) is 0 Å². The van der Waals surface area contributed by atoms with Crippen molar-refractivity contribution >= 4 is 28.0 Å². The third-order valence-corrected chi connectivity index (χ3v) is 2.22. The van der Waals surface area contributed by atoms with Gasteiger partial charge in [-0.05, 0) is 28.1 Å². The molecule has 1 amide bonds. The van der Waals surface area contributed by atoms with Crippen LogP contribution < -0.4 is 10.1 Å². The number of alkyl halides is 3. The van der Waals surface area contributed by atoms with Crippen molar-refractivity contribution in [2.75, 3.05) is 5.32 Å². The second kappa shape index (κ2) is 4.52. The van der Waals surface area contributed by atoms with Crippen LogP contribution in [0.2, 0.25) is 0 Å². The van der Waals surface area contributed by atoms with Gasteiger partial charge in [-0.25, -0.2) is 0 Å². The van der Waals surface area contributed by atoms with Crippen molar-refractivity contribution in [2.24, 2.45) is 0 Å². The highest BCUT2D eigenvalue weighted by atomic mass is 79.9. The number of carbonyl (C=O) groups excluding carboxylic acids is 1. The van der Waals surface area contributed by atoms with Gasteiger partial charge in [0.05, 0.1) is 10.2 Å². The summed E-state index contributed by atoms with van der Waals surface area (Å²) in [4.78, 5) is 10.1. The highest BCUT2D eigenvalue weighted by Gasteiger charge is 2.32. The lowest BCUT2D eigenvalue weighted by Crippen LogP contribution is -2.17. The maximum Gasteiger partial charge on any atom is 0.573 e. The molecule has 0 fully saturated rings. The molecule has 0 unspecified atom stereocenters. The van der Waals surface area contributed by atoms with E-state index in [9.17, 15) is 18.0 Å². The number of hydrogen-bond acceptors (Lipinski definition) is 2. The van der Waals surface area contributed by atoms with Crippen molar-refractivity contribution in [3.63, 3.8) is 0 Å². The molecule has 0 aliphatic heterocycles. The topological polar surface area (TPSA) is 38.3 Å². The van der Waals surface area contributed by atoms with Gasteiger partial charge in [-0.1, -0.05) is 6.07 Å². The summed E-state index contributed by atoms with van der Waals surface area (Å²) in [6.45, 7) is 0. The smallest absolute Gasteiger partial charge is 0.405 e. The maximum absolute atomic E-state index is 11.9. The van der Waals surface area contributed by atoms with Crippen molar-refractivity contribution < 1.29 is 22.7 Å². The predicted octanol–water partition coefficient (Wildman–Crippen LogP) is 2.92. The van der Waals surface area contributed by atoms with Crippen molar-refractivity contribution in [2.45, 2.75) is 6.36 Å². The van der Waals surface area contributed by atoms with Crippen molar-refractivity contribution in [1.29, 1.82) is 0 Å². The molecule has 1 aromatic carbocycles. The molecule has 0 aliphatic rings. The van der Waals surface area contributed by atoms with E-state index in [4.69, 9.17) is 0 Å². The number of halogens is 4. The van der Waals surface area contributed by atoms with Crippen LogP contribution in [0.15, 0.2) is 22.7 Å². The summed E-state index contributed by atoms with van der Waals surface area (Å²) in [7, 11) is 0. The van der Waals surface area contributed by atoms with Gasteiger partial charge < -0.3 is 10.1 Å². The number of nitrogens with one attached hydrogen (secondary N) is 1. The average molecular weight is 284 g/mol. The lowest BCUT2D eigenvalue weighted by molar-refractivity contribution is -0.274. The third kappa shape index (κ3) is 3.43. The van der Waals surface area contributed by atoms with E-state index in [1.165, 1.54) is 12.1 Å². The molecule has 7 heteroatoms. The number of amides is 1. The fraction of sp³-hybridized carbons (Fsp3) is 0.125. The third-order valence-electron chi connectivity index (χ3n) is 1.40. The Bertz CT molecular complexity index is 367. The van der Waals surface area contributed by atoms with Crippen LogP contribution in [0.5, 0.6) is 5.75 Å². The number of carbonyl (C=O) groups is 1. The monoisotopic (exact) mass is 283 g/mol. The van der Waals surface area contributed by atoms with Crippen LogP contribution in [0.3, 0.4) is 0 Å². The molecule has 3 nitrogen and oxygen atoms in total. The SMILES string of the molecule is O=CNc1cccc(OC(F)(F)F)c1Br. The summed E-state index contributed by atoms with van der Waals surface area (Å²) in [6.07, 6.45) is -4.40. The molecule has 0 radical (unpaired) electrons. The molecule has 0 aromatic heterocycles. The molecule has 1 aromatic rings. The van der Waals surface area contributed by atoms with Crippen LogP contribution in [0.25, 0.3) is 0 Å². The first kappa shape index (κ1) is 11.8. The minimum absolute atomic E-state index is 0.0365. The zero-order chi connectivity index (χ0) is 11.5. The molecule has 0 heterocycles. The molecule has 0 spiro atoms. The lowest BCUT2D eigenvalue weighted by Gasteiger charge is -2.12. The normalized spacial score (nSPS) is 10.9. The Morgan fingerprint density at radius 3 is 2.60 bits per heavy atom. The van der Waals surface area contributed by atoms with E-state index in [-0.39, 0.29) is 10.2 Å². The number of ether oxygens (including phenoxy) is 1. The summed E-state index contributed by atoms with van der Waals surface area (Å²) in [5.74, 6) is -0.408. The van der Waals surface area contributed by atoms with Gasteiger partial charge >= 0.3 is 6.36 Å². The number of rotatable bonds is 3. The maximum atomic E-state index is 11.9. The van der Waals surface area contributed by atoms with Crippen LogP contribution in [-0.4, -0.2) is 12.8 Å². The highest BCUT2D eigenvalue weighted by Crippen LogP contribution is 2.35. The second-order valence-corrected chi connectivity index (χ2v) is 3.22. The van der Waals surface area contributed by atoms with Gasteiger partial charge in [-0.2, -0.15) is 0 Å². The fourth-order valence-electron chi connectivity index (χ4n) is 0.889. The Labute approximate surface area is 91.4 Å². The number of benzene rings is 1. The van der Waals surface area contributed by atoms with E-state index >= 15 is 0 Å². The van der Waals surface area contributed by atoms with Gasteiger partial charge in [-0.15, -0.1) is 13.2 Å². The van der Waals surface area contributed by atoms with Crippen LogP contribution in [0.4, 0.5) is 18.9 Å². The van der Waals surface area contributed by atoms with E-state index in [1.807, 2.05) is 0 Å². The Morgan fingerprint density at radius 1 is 1.40 bits per heavy atom. The van der Waals surface area contributed by atoms with Crippen LogP contribution in [0.1, 0.15) is 0 Å². The Balaban J connectivity index is 2.99. The molecule has 82 valence electrons. The zero-order valence-electron chi connectivity index (χ0n) is 7.14. The molecule has 0 saturated heterocycles. The fourth-order valence-corrected chi connectivity index (χ4v) is 1.35. The van der Waals surface area contributed by atoms with Crippen LogP contribution in [-0.2, 0) is 4.79 Å². The van der Waals surface area contributed by atoms with Gasteiger partial charge in [-0.3, -0.25) is 4.79 Å². The first-order valence-electron chi connectivity index (χ1n) is 3.68. The summed E-state index contributed by atoms with van der Waals surface area (Å²) < 4.78 is 39.5. The molecular formula is C8H5BrF3NO2. The lowest BCUT2D eigenvalue weighted by atomic mass is 10.3. The molecular weight excluding hydrogens is 279 g/mol. The van der Waals surface area contributed by atoms with E-state index < -0.39 is 12.1 Å². The zero-order valence-corrected chi connectivity index (χ0v) is 8.72. The van der Waals surface area contributed by atoms with Gasteiger partial charge in [0.25, 0.3) is 0 Å². The molecule has 1 N–H and O–H groups in total.